The van der Waals surface area contributed by atoms with Crippen molar-refractivity contribution in [2.45, 2.75) is 39.3 Å². The third-order valence-electron chi connectivity index (χ3n) is 4.42. The molecule has 136 valence electrons. The van der Waals surface area contributed by atoms with Crippen molar-refractivity contribution < 1.29 is 9.59 Å². The normalized spacial score (nSPS) is 13.2. The summed E-state index contributed by atoms with van der Waals surface area (Å²) in [4.78, 5) is 26.5. The second-order valence-electron chi connectivity index (χ2n) is 6.92. The highest BCUT2D eigenvalue weighted by atomic mass is 16.2. The molecule has 0 spiro atoms. The third kappa shape index (κ3) is 5.09. The SMILES string of the molecule is Cc1cccc(CN(C(=O)CNC(=O)Nc2cccc(C)c2)C2CC2)c1. The Morgan fingerprint density at radius 2 is 1.73 bits per heavy atom. The van der Waals surface area contributed by atoms with Crippen molar-refractivity contribution >= 4 is 17.6 Å². The van der Waals surface area contributed by atoms with Crippen LogP contribution < -0.4 is 10.6 Å². The van der Waals surface area contributed by atoms with Crippen molar-refractivity contribution in [3.8, 4) is 0 Å². The summed E-state index contributed by atoms with van der Waals surface area (Å²) in [5.41, 5.74) is 4.08. The van der Waals surface area contributed by atoms with Crippen LogP contribution in [0.15, 0.2) is 48.5 Å². The molecule has 0 heterocycles. The van der Waals surface area contributed by atoms with Gasteiger partial charge in [0.05, 0.1) is 6.54 Å². The summed E-state index contributed by atoms with van der Waals surface area (Å²) in [7, 11) is 0. The lowest BCUT2D eigenvalue weighted by Gasteiger charge is -2.23. The molecule has 5 nitrogen and oxygen atoms in total. The third-order valence-corrected chi connectivity index (χ3v) is 4.42. The molecule has 0 radical (unpaired) electrons. The molecule has 2 aromatic carbocycles. The Morgan fingerprint density at radius 1 is 1.04 bits per heavy atom. The zero-order valence-electron chi connectivity index (χ0n) is 15.3. The molecule has 26 heavy (non-hydrogen) atoms. The Hall–Kier alpha value is -2.82. The van der Waals surface area contributed by atoms with E-state index in [4.69, 9.17) is 0 Å². The molecular formula is C21H25N3O2. The first-order valence-corrected chi connectivity index (χ1v) is 8.98. The maximum atomic E-state index is 12.6. The zero-order chi connectivity index (χ0) is 18.5. The van der Waals surface area contributed by atoms with Crippen molar-refractivity contribution in [2.24, 2.45) is 0 Å². The molecular weight excluding hydrogens is 326 g/mol. The van der Waals surface area contributed by atoms with Crippen LogP contribution in [0.2, 0.25) is 0 Å². The molecule has 1 aliphatic carbocycles. The van der Waals surface area contributed by atoms with E-state index in [2.05, 4.69) is 16.7 Å². The van der Waals surface area contributed by atoms with Gasteiger partial charge in [0.25, 0.3) is 0 Å². The van der Waals surface area contributed by atoms with Gasteiger partial charge in [-0.05, 0) is 49.9 Å². The van der Waals surface area contributed by atoms with Gasteiger partial charge in [0.15, 0.2) is 0 Å². The fraction of sp³-hybridized carbons (Fsp3) is 0.333. The van der Waals surface area contributed by atoms with Gasteiger partial charge in [-0.1, -0.05) is 42.0 Å². The van der Waals surface area contributed by atoms with E-state index in [1.165, 1.54) is 5.56 Å². The van der Waals surface area contributed by atoms with E-state index in [1.807, 2.05) is 61.2 Å². The topological polar surface area (TPSA) is 61.4 Å². The van der Waals surface area contributed by atoms with Crippen LogP contribution in [-0.2, 0) is 11.3 Å². The Bertz CT molecular complexity index is 799. The van der Waals surface area contributed by atoms with Gasteiger partial charge in [-0.15, -0.1) is 0 Å². The van der Waals surface area contributed by atoms with Gasteiger partial charge in [-0.2, -0.15) is 0 Å². The van der Waals surface area contributed by atoms with Gasteiger partial charge in [0, 0.05) is 18.3 Å². The highest BCUT2D eigenvalue weighted by molar-refractivity contribution is 5.92. The van der Waals surface area contributed by atoms with Crippen LogP contribution in [0.5, 0.6) is 0 Å². The molecule has 0 aromatic heterocycles. The lowest BCUT2D eigenvalue weighted by atomic mass is 10.1. The fourth-order valence-electron chi connectivity index (χ4n) is 2.97. The Kier molecular flexibility index (Phi) is 5.56. The molecule has 1 aliphatic rings. The van der Waals surface area contributed by atoms with Crippen molar-refractivity contribution in [3.05, 3.63) is 65.2 Å². The maximum Gasteiger partial charge on any atom is 0.319 e. The van der Waals surface area contributed by atoms with E-state index in [0.717, 1.165) is 24.0 Å². The predicted molar refractivity (Wildman–Crippen MR) is 103 cm³/mol. The average Bonchev–Trinajstić information content (AvgIpc) is 3.42. The number of hydrogen-bond acceptors (Lipinski definition) is 2. The van der Waals surface area contributed by atoms with Crippen molar-refractivity contribution in [1.29, 1.82) is 0 Å². The number of benzene rings is 2. The summed E-state index contributed by atoms with van der Waals surface area (Å²) in [6.45, 7) is 4.60. The Morgan fingerprint density at radius 3 is 2.38 bits per heavy atom. The average molecular weight is 351 g/mol. The largest absolute Gasteiger partial charge is 0.334 e. The van der Waals surface area contributed by atoms with E-state index in [9.17, 15) is 9.59 Å². The number of urea groups is 1. The minimum atomic E-state index is -0.366. The van der Waals surface area contributed by atoms with E-state index < -0.39 is 0 Å². The Labute approximate surface area is 154 Å². The summed E-state index contributed by atoms with van der Waals surface area (Å²) >= 11 is 0. The summed E-state index contributed by atoms with van der Waals surface area (Å²) in [5, 5.41) is 5.43. The number of carbonyl (C=O) groups is 2. The zero-order valence-corrected chi connectivity index (χ0v) is 15.3. The summed E-state index contributed by atoms with van der Waals surface area (Å²) < 4.78 is 0. The molecule has 1 fully saturated rings. The van der Waals surface area contributed by atoms with Gasteiger partial charge in [0.2, 0.25) is 5.91 Å². The molecule has 0 unspecified atom stereocenters. The van der Waals surface area contributed by atoms with E-state index in [1.54, 1.807) is 0 Å². The van der Waals surface area contributed by atoms with Gasteiger partial charge < -0.3 is 15.5 Å². The molecule has 2 aromatic rings. The van der Waals surface area contributed by atoms with Crippen LogP contribution in [-0.4, -0.2) is 29.4 Å². The van der Waals surface area contributed by atoms with E-state index >= 15 is 0 Å². The molecule has 3 rings (SSSR count). The number of rotatable bonds is 6. The molecule has 1 saturated carbocycles. The smallest absolute Gasteiger partial charge is 0.319 e. The number of nitrogens with zero attached hydrogens (tertiary/aromatic N) is 1. The number of carbonyl (C=O) groups excluding carboxylic acids is 2. The number of hydrogen-bond donors (Lipinski definition) is 2. The molecule has 2 N–H and O–H groups in total. The van der Waals surface area contributed by atoms with Gasteiger partial charge >= 0.3 is 6.03 Å². The number of nitrogens with one attached hydrogen (secondary N) is 2. The van der Waals surface area contributed by atoms with Crippen molar-refractivity contribution in [1.82, 2.24) is 10.2 Å². The first kappa shape index (κ1) is 18.0. The highest BCUT2D eigenvalue weighted by Gasteiger charge is 2.32. The second-order valence-corrected chi connectivity index (χ2v) is 6.92. The minimum Gasteiger partial charge on any atom is -0.334 e. The van der Waals surface area contributed by atoms with Crippen LogP contribution in [0.25, 0.3) is 0 Å². The van der Waals surface area contributed by atoms with E-state index in [-0.39, 0.29) is 18.5 Å². The number of aryl methyl sites for hydroxylation is 2. The predicted octanol–water partition coefficient (Wildman–Crippen LogP) is 3.62. The molecule has 0 bridgehead atoms. The van der Waals surface area contributed by atoms with Gasteiger partial charge in [-0.25, -0.2) is 4.79 Å². The summed E-state index contributed by atoms with van der Waals surface area (Å²) in [6.07, 6.45) is 2.07. The first-order chi connectivity index (χ1) is 12.5. The first-order valence-electron chi connectivity index (χ1n) is 8.98. The number of anilines is 1. The van der Waals surface area contributed by atoms with E-state index in [0.29, 0.717) is 18.3 Å². The monoisotopic (exact) mass is 351 g/mol. The lowest BCUT2D eigenvalue weighted by molar-refractivity contribution is -0.131. The molecule has 0 atom stereocenters. The van der Waals surface area contributed by atoms with Crippen LogP contribution in [0.1, 0.15) is 29.5 Å². The lowest BCUT2D eigenvalue weighted by Crippen LogP contribution is -2.42. The number of amides is 3. The minimum absolute atomic E-state index is 0.0000350. The van der Waals surface area contributed by atoms with Crippen LogP contribution in [0, 0.1) is 13.8 Å². The Balaban J connectivity index is 1.54. The van der Waals surface area contributed by atoms with Gasteiger partial charge in [-0.3, -0.25) is 4.79 Å². The summed E-state index contributed by atoms with van der Waals surface area (Å²) in [6, 6.07) is 15.7. The van der Waals surface area contributed by atoms with Crippen molar-refractivity contribution in [2.75, 3.05) is 11.9 Å². The summed E-state index contributed by atoms with van der Waals surface area (Å²) in [5.74, 6) is -0.0478. The molecule has 0 aliphatic heterocycles. The van der Waals surface area contributed by atoms with Crippen LogP contribution >= 0.6 is 0 Å². The van der Waals surface area contributed by atoms with Crippen LogP contribution in [0.3, 0.4) is 0 Å². The molecule has 3 amide bonds. The van der Waals surface area contributed by atoms with Crippen molar-refractivity contribution in [3.63, 3.8) is 0 Å². The fourth-order valence-corrected chi connectivity index (χ4v) is 2.97. The van der Waals surface area contributed by atoms with Gasteiger partial charge in [0.1, 0.15) is 0 Å². The molecule has 5 heteroatoms. The highest BCUT2D eigenvalue weighted by Crippen LogP contribution is 2.28. The quantitative estimate of drug-likeness (QED) is 0.835. The second kappa shape index (κ2) is 8.04. The standard InChI is InChI=1S/C21H25N3O2/c1-15-5-3-7-17(11-15)14-24(19-9-10-19)20(25)13-22-21(26)23-18-8-4-6-16(2)12-18/h3-8,11-12,19H,9-10,13-14H2,1-2H3,(H2,22,23,26). The van der Waals surface area contributed by atoms with Crippen LogP contribution in [0.4, 0.5) is 10.5 Å². The molecule has 0 saturated heterocycles. The maximum absolute atomic E-state index is 12.6.